The zero-order valence-electron chi connectivity index (χ0n) is 14.8. The summed E-state index contributed by atoms with van der Waals surface area (Å²) in [6.07, 6.45) is 5.06. The molecule has 0 bridgehead atoms. The summed E-state index contributed by atoms with van der Waals surface area (Å²) in [7, 11) is 0. The first-order chi connectivity index (χ1) is 13.1. The zero-order valence-corrected chi connectivity index (χ0v) is 15.5. The molecule has 1 fully saturated rings. The van der Waals surface area contributed by atoms with Crippen molar-refractivity contribution in [1.82, 2.24) is 5.32 Å². The van der Waals surface area contributed by atoms with Gasteiger partial charge in [0.15, 0.2) is 0 Å². The molecular formula is C21H21ClN2O3. The highest BCUT2D eigenvalue weighted by molar-refractivity contribution is 6.32. The van der Waals surface area contributed by atoms with Gasteiger partial charge in [0.2, 0.25) is 5.91 Å². The van der Waals surface area contributed by atoms with Crippen LogP contribution in [0.25, 0.3) is 6.08 Å². The van der Waals surface area contributed by atoms with Crippen LogP contribution in [0, 0.1) is 0 Å². The van der Waals surface area contributed by atoms with Crippen molar-refractivity contribution < 1.29 is 14.3 Å². The molecule has 1 aliphatic heterocycles. The highest BCUT2D eigenvalue weighted by Crippen LogP contribution is 2.18. The summed E-state index contributed by atoms with van der Waals surface area (Å²) in [6.45, 7) is 1.21. The lowest BCUT2D eigenvalue weighted by Gasteiger charge is -2.13. The Hall–Kier alpha value is -2.63. The molecule has 0 radical (unpaired) electrons. The number of ether oxygens (including phenoxy) is 1. The number of hydrogen-bond donors (Lipinski definition) is 2. The van der Waals surface area contributed by atoms with E-state index in [1.54, 1.807) is 36.4 Å². The molecule has 1 aliphatic rings. The standard InChI is InChI=1S/C21H21ClN2O3/c22-18-9-3-1-6-15(18)11-12-20(25)24-19-10-4-2-8-17(19)21(26)23-14-16-7-5-13-27-16/h1-4,6,8-12,16H,5,7,13-14H2,(H,23,26)(H,24,25)/b12-11+/t16-/m0/s1. The number of para-hydroxylation sites is 1. The van der Waals surface area contributed by atoms with Gasteiger partial charge >= 0.3 is 0 Å². The molecule has 0 aromatic heterocycles. The van der Waals surface area contributed by atoms with Gasteiger partial charge in [-0.05, 0) is 42.7 Å². The third kappa shape index (κ3) is 5.42. The molecule has 27 heavy (non-hydrogen) atoms. The van der Waals surface area contributed by atoms with Crippen molar-refractivity contribution in [3.63, 3.8) is 0 Å². The molecule has 2 aromatic carbocycles. The van der Waals surface area contributed by atoms with Gasteiger partial charge in [-0.15, -0.1) is 0 Å². The first kappa shape index (κ1) is 19.1. The van der Waals surface area contributed by atoms with E-state index in [9.17, 15) is 9.59 Å². The molecule has 6 heteroatoms. The first-order valence-corrected chi connectivity index (χ1v) is 9.24. The molecule has 1 saturated heterocycles. The van der Waals surface area contributed by atoms with Gasteiger partial charge in [-0.3, -0.25) is 9.59 Å². The van der Waals surface area contributed by atoms with Crippen molar-refractivity contribution in [2.75, 3.05) is 18.5 Å². The van der Waals surface area contributed by atoms with Crippen LogP contribution < -0.4 is 10.6 Å². The highest BCUT2D eigenvalue weighted by atomic mass is 35.5. The smallest absolute Gasteiger partial charge is 0.253 e. The van der Waals surface area contributed by atoms with Gasteiger partial charge in [-0.2, -0.15) is 0 Å². The average Bonchev–Trinajstić information content (AvgIpc) is 3.19. The molecule has 2 aromatic rings. The fourth-order valence-electron chi connectivity index (χ4n) is 2.85. The van der Waals surface area contributed by atoms with Crippen molar-refractivity contribution in [2.45, 2.75) is 18.9 Å². The molecular weight excluding hydrogens is 364 g/mol. The van der Waals surface area contributed by atoms with Gasteiger partial charge < -0.3 is 15.4 Å². The summed E-state index contributed by atoms with van der Waals surface area (Å²) in [5, 5.41) is 6.18. The largest absolute Gasteiger partial charge is 0.376 e. The summed E-state index contributed by atoms with van der Waals surface area (Å²) < 4.78 is 5.51. The molecule has 3 rings (SSSR count). The normalized spacial score (nSPS) is 16.4. The highest BCUT2D eigenvalue weighted by Gasteiger charge is 2.18. The average molecular weight is 385 g/mol. The van der Waals surface area contributed by atoms with Crippen molar-refractivity contribution in [3.05, 3.63) is 70.8 Å². The molecule has 2 amide bonds. The summed E-state index contributed by atoms with van der Waals surface area (Å²) in [5.74, 6) is -0.578. The van der Waals surface area contributed by atoms with Gasteiger partial charge in [0.25, 0.3) is 5.91 Å². The second-order valence-corrected chi connectivity index (χ2v) is 6.64. The fourth-order valence-corrected chi connectivity index (χ4v) is 3.05. The lowest BCUT2D eigenvalue weighted by molar-refractivity contribution is -0.111. The quantitative estimate of drug-likeness (QED) is 0.742. The van der Waals surface area contributed by atoms with Crippen LogP contribution in [0.15, 0.2) is 54.6 Å². The SMILES string of the molecule is O=C(/C=C/c1ccccc1Cl)Nc1ccccc1C(=O)NC[C@@H]1CCCO1. The molecule has 1 atom stereocenters. The lowest BCUT2D eigenvalue weighted by atomic mass is 10.1. The number of amides is 2. The zero-order chi connectivity index (χ0) is 19.1. The van der Waals surface area contributed by atoms with Crippen molar-refractivity contribution >= 4 is 35.2 Å². The van der Waals surface area contributed by atoms with E-state index >= 15 is 0 Å². The molecule has 2 N–H and O–H groups in total. The second kappa shape index (κ2) is 9.35. The number of hydrogen-bond acceptors (Lipinski definition) is 3. The van der Waals surface area contributed by atoms with E-state index in [1.165, 1.54) is 6.08 Å². The van der Waals surface area contributed by atoms with Crippen LogP contribution in [0.1, 0.15) is 28.8 Å². The van der Waals surface area contributed by atoms with E-state index in [0.29, 0.717) is 22.8 Å². The van der Waals surface area contributed by atoms with Crippen molar-refractivity contribution in [1.29, 1.82) is 0 Å². The van der Waals surface area contributed by atoms with Crippen LogP contribution >= 0.6 is 11.6 Å². The Morgan fingerprint density at radius 1 is 1.15 bits per heavy atom. The van der Waals surface area contributed by atoms with Gasteiger partial charge in [0.05, 0.1) is 17.4 Å². The maximum absolute atomic E-state index is 12.5. The maximum atomic E-state index is 12.5. The molecule has 0 aliphatic carbocycles. The Kier molecular flexibility index (Phi) is 6.63. The number of anilines is 1. The predicted octanol–water partition coefficient (Wildman–Crippen LogP) is 3.90. The summed E-state index contributed by atoms with van der Waals surface area (Å²) in [6, 6.07) is 14.1. The van der Waals surface area contributed by atoms with Crippen molar-refractivity contribution in [2.24, 2.45) is 0 Å². The number of carbonyl (C=O) groups is 2. The predicted molar refractivity (Wildman–Crippen MR) is 107 cm³/mol. The Balaban J connectivity index is 1.63. The van der Waals surface area contributed by atoms with Gasteiger partial charge in [0.1, 0.15) is 0 Å². The maximum Gasteiger partial charge on any atom is 0.253 e. The third-order valence-corrected chi connectivity index (χ3v) is 4.61. The topological polar surface area (TPSA) is 67.4 Å². The van der Waals surface area contributed by atoms with Crippen LogP contribution in [0.2, 0.25) is 5.02 Å². The number of carbonyl (C=O) groups excluding carboxylic acids is 2. The number of benzene rings is 2. The van der Waals surface area contributed by atoms with Crippen LogP contribution in [0.5, 0.6) is 0 Å². The molecule has 140 valence electrons. The number of rotatable bonds is 6. The summed E-state index contributed by atoms with van der Waals surface area (Å²) in [5.41, 5.74) is 1.61. The van der Waals surface area contributed by atoms with E-state index < -0.39 is 0 Å². The Bertz CT molecular complexity index is 845. The fraction of sp³-hybridized carbons (Fsp3) is 0.238. The minimum Gasteiger partial charge on any atom is -0.376 e. The molecule has 1 heterocycles. The Labute approximate surface area is 163 Å². The summed E-state index contributed by atoms with van der Waals surface area (Å²) >= 11 is 6.08. The van der Waals surface area contributed by atoms with E-state index in [-0.39, 0.29) is 17.9 Å². The van der Waals surface area contributed by atoms with E-state index in [2.05, 4.69) is 10.6 Å². The van der Waals surface area contributed by atoms with E-state index in [1.807, 2.05) is 18.2 Å². The second-order valence-electron chi connectivity index (χ2n) is 6.23. The first-order valence-electron chi connectivity index (χ1n) is 8.86. The Morgan fingerprint density at radius 2 is 1.93 bits per heavy atom. The number of nitrogens with one attached hydrogen (secondary N) is 2. The van der Waals surface area contributed by atoms with Crippen LogP contribution in [-0.4, -0.2) is 31.1 Å². The molecule has 5 nitrogen and oxygen atoms in total. The van der Waals surface area contributed by atoms with Gasteiger partial charge in [-0.25, -0.2) is 0 Å². The minimum absolute atomic E-state index is 0.0641. The monoisotopic (exact) mass is 384 g/mol. The van der Waals surface area contributed by atoms with E-state index in [4.69, 9.17) is 16.3 Å². The Morgan fingerprint density at radius 3 is 2.70 bits per heavy atom. The van der Waals surface area contributed by atoms with Crippen LogP contribution in [0.4, 0.5) is 5.69 Å². The summed E-state index contributed by atoms with van der Waals surface area (Å²) in [4.78, 5) is 24.7. The van der Waals surface area contributed by atoms with E-state index in [0.717, 1.165) is 25.0 Å². The van der Waals surface area contributed by atoms with Crippen LogP contribution in [-0.2, 0) is 9.53 Å². The molecule has 0 saturated carbocycles. The third-order valence-electron chi connectivity index (χ3n) is 4.26. The number of halogens is 1. The lowest BCUT2D eigenvalue weighted by Crippen LogP contribution is -2.32. The van der Waals surface area contributed by atoms with Gasteiger partial charge in [0, 0.05) is 24.3 Å². The van der Waals surface area contributed by atoms with Crippen molar-refractivity contribution in [3.8, 4) is 0 Å². The van der Waals surface area contributed by atoms with Crippen LogP contribution in [0.3, 0.4) is 0 Å². The molecule has 0 unspecified atom stereocenters. The minimum atomic E-state index is -0.339. The van der Waals surface area contributed by atoms with Gasteiger partial charge in [-0.1, -0.05) is 41.9 Å². The molecule has 0 spiro atoms.